The lowest BCUT2D eigenvalue weighted by atomic mass is 9.78. The van der Waals surface area contributed by atoms with E-state index < -0.39 is 0 Å². The Bertz CT molecular complexity index is 1540. The maximum Gasteiger partial charge on any atom is 0.223 e. The molecule has 2 bridgehead atoms. The number of nitrogens with zero attached hydrogens (tertiary/aromatic N) is 1. The number of likely N-dealkylation sites (tertiary alicyclic amines) is 1. The molecule has 45 heavy (non-hydrogen) atoms. The number of rotatable bonds is 9. The van der Waals surface area contributed by atoms with Crippen LogP contribution in [0.2, 0.25) is 0 Å². The van der Waals surface area contributed by atoms with Gasteiger partial charge < -0.3 is 25.3 Å². The van der Waals surface area contributed by atoms with Crippen molar-refractivity contribution in [2.75, 3.05) is 32.8 Å². The SMILES string of the molecule is Cc1cc(C)cc(-c2[nH]c3sc(C(C)(C)CC4C5CCC4C(=O)N5)cc3c2CCN2CCC(NC(=O)C3CCOCC3)CC2)c1. The van der Waals surface area contributed by atoms with Crippen molar-refractivity contribution < 1.29 is 14.3 Å². The molecular formula is C37H50N4O3S. The fourth-order valence-corrected chi connectivity index (χ4v) is 9.88. The number of aromatic amines is 1. The Morgan fingerprint density at radius 3 is 2.42 bits per heavy atom. The van der Waals surface area contributed by atoms with E-state index in [1.54, 1.807) is 0 Å². The second kappa shape index (κ2) is 12.5. The van der Waals surface area contributed by atoms with Crippen molar-refractivity contribution in [2.45, 2.75) is 96.6 Å². The average Bonchev–Trinajstić information content (AvgIpc) is 3.76. The molecular weight excluding hydrogens is 580 g/mol. The number of hydrogen-bond donors (Lipinski definition) is 3. The topological polar surface area (TPSA) is 86.5 Å². The Labute approximate surface area is 271 Å². The summed E-state index contributed by atoms with van der Waals surface area (Å²) < 4.78 is 5.44. The van der Waals surface area contributed by atoms with Crippen LogP contribution in [0, 0.1) is 31.6 Å². The molecule has 3 aliphatic heterocycles. The van der Waals surface area contributed by atoms with Gasteiger partial charge in [-0.1, -0.05) is 31.0 Å². The van der Waals surface area contributed by atoms with Crippen LogP contribution in [0.1, 0.15) is 80.4 Å². The number of nitrogens with one attached hydrogen (secondary N) is 3. The van der Waals surface area contributed by atoms with Gasteiger partial charge in [0, 0.05) is 67.0 Å². The summed E-state index contributed by atoms with van der Waals surface area (Å²) in [6.07, 6.45) is 7.93. The van der Waals surface area contributed by atoms with Gasteiger partial charge in [-0.05, 0) is 106 Å². The van der Waals surface area contributed by atoms with Crippen LogP contribution in [0.15, 0.2) is 24.3 Å². The van der Waals surface area contributed by atoms with Crippen molar-refractivity contribution in [1.82, 2.24) is 20.5 Å². The number of benzene rings is 1. The number of H-pyrrole nitrogens is 1. The lowest BCUT2D eigenvalue weighted by Crippen LogP contribution is -2.47. The predicted molar refractivity (Wildman–Crippen MR) is 182 cm³/mol. The summed E-state index contributed by atoms with van der Waals surface area (Å²) in [5.41, 5.74) is 6.53. The number of piperidine rings is 2. The Morgan fingerprint density at radius 1 is 1.02 bits per heavy atom. The van der Waals surface area contributed by atoms with Gasteiger partial charge in [0.15, 0.2) is 0 Å². The fourth-order valence-electron chi connectivity index (χ4n) is 8.68. The zero-order valence-electron chi connectivity index (χ0n) is 27.5. The molecule has 3 N–H and O–H groups in total. The molecule has 3 aromatic rings. The highest BCUT2D eigenvalue weighted by Gasteiger charge is 2.49. The number of hydrogen-bond acceptors (Lipinski definition) is 5. The van der Waals surface area contributed by atoms with Crippen LogP contribution in [-0.2, 0) is 26.2 Å². The van der Waals surface area contributed by atoms with Crippen LogP contribution in [-0.4, -0.2) is 66.6 Å². The number of thiophene rings is 1. The van der Waals surface area contributed by atoms with Gasteiger partial charge in [-0.2, -0.15) is 0 Å². The molecule has 3 atom stereocenters. The molecule has 7 nitrogen and oxygen atoms in total. The number of carbonyl (C=O) groups excluding carboxylic acids is 2. The zero-order chi connectivity index (χ0) is 31.3. The van der Waals surface area contributed by atoms with Crippen LogP contribution in [0.3, 0.4) is 0 Å². The average molecular weight is 631 g/mol. The maximum atomic E-state index is 12.8. The standard InChI is InChI=1S/C37H50N4O3S/c1-22-17-23(2)19-25(18-22)33-27(9-14-41-12-7-26(8-13-41)38-34(42)24-10-15-44-16-11-24)29-20-32(45-36(29)40-33)37(3,4)21-30-28-5-6-31(30)39-35(28)43/h17-20,24,26,28,30-31,40H,5-16,21H2,1-4H3,(H,38,42)(H,39,43). The molecule has 8 heteroatoms. The smallest absolute Gasteiger partial charge is 0.223 e. The Balaban J connectivity index is 1.07. The van der Waals surface area contributed by atoms with Crippen LogP contribution < -0.4 is 10.6 Å². The third-order valence-corrected chi connectivity index (χ3v) is 12.6. The molecule has 1 aromatic carbocycles. The van der Waals surface area contributed by atoms with E-state index in [2.05, 4.69) is 72.5 Å². The molecule has 1 aliphatic carbocycles. The Morgan fingerprint density at radius 2 is 1.76 bits per heavy atom. The maximum absolute atomic E-state index is 12.8. The van der Waals surface area contributed by atoms with Crippen LogP contribution in [0.5, 0.6) is 0 Å². The van der Waals surface area contributed by atoms with Gasteiger partial charge in [0.25, 0.3) is 0 Å². The van der Waals surface area contributed by atoms with E-state index in [1.165, 1.54) is 43.0 Å². The minimum atomic E-state index is 0.0106. The van der Waals surface area contributed by atoms with Crippen molar-refractivity contribution in [3.63, 3.8) is 0 Å². The second-order valence-electron chi connectivity index (χ2n) is 15.0. The summed E-state index contributed by atoms with van der Waals surface area (Å²) in [5.74, 6) is 1.26. The van der Waals surface area contributed by atoms with Gasteiger partial charge >= 0.3 is 0 Å². The number of aryl methyl sites for hydroxylation is 2. The molecule has 0 spiro atoms. The number of fused-ring (bicyclic) bond motifs is 3. The first-order valence-corrected chi connectivity index (χ1v) is 18.1. The van der Waals surface area contributed by atoms with E-state index in [1.807, 2.05) is 11.3 Å². The summed E-state index contributed by atoms with van der Waals surface area (Å²) >= 11 is 1.91. The highest BCUT2D eigenvalue weighted by Crippen LogP contribution is 2.48. The van der Waals surface area contributed by atoms with E-state index >= 15 is 0 Å². The van der Waals surface area contributed by atoms with Gasteiger partial charge in [-0.15, -0.1) is 11.3 Å². The first kappa shape index (κ1) is 30.9. The van der Waals surface area contributed by atoms with E-state index in [-0.39, 0.29) is 35.1 Å². The number of carbonyl (C=O) groups is 2. The van der Waals surface area contributed by atoms with Gasteiger partial charge in [0.1, 0.15) is 4.83 Å². The Kier molecular flexibility index (Phi) is 8.59. The van der Waals surface area contributed by atoms with Gasteiger partial charge in [0.2, 0.25) is 11.8 Å². The van der Waals surface area contributed by atoms with Crippen molar-refractivity contribution in [3.8, 4) is 11.3 Å². The van der Waals surface area contributed by atoms with E-state index in [9.17, 15) is 9.59 Å². The van der Waals surface area contributed by atoms with E-state index in [4.69, 9.17) is 4.74 Å². The molecule has 3 saturated heterocycles. The second-order valence-corrected chi connectivity index (χ2v) is 16.1. The summed E-state index contributed by atoms with van der Waals surface area (Å²) in [6, 6.07) is 9.96. The lowest BCUT2D eigenvalue weighted by Gasteiger charge is -2.33. The van der Waals surface area contributed by atoms with Gasteiger partial charge in [-0.25, -0.2) is 0 Å². The molecule has 2 aromatic heterocycles. The quantitative estimate of drug-likeness (QED) is 0.261. The number of aromatic nitrogens is 1. The molecule has 1 saturated carbocycles. The summed E-state index contributed by atoms with van der Waals surface area (Å²) in [4.78, 5) is 34.4. The molecule has 5 heterocycles. The number of ether oxygens (including phenoxy) is 1. The monoisotopic (exact) mass is 630 g/mol. The van der Waals surface area contributed by atoms with E-state index in [0.717, 1.165) is 71.0 Å². The third-order valence-electron chi connectivity index (χ3n) is 11.2. The minimum Gasteiger partial charge on any atom is -0.381 e. The molecule has 4 aliphatic rings. The lowest BCUT2D eigenvalue weighted by molar-refractivity contribution is -0.129. The minimum absolute atomic E-state index is 0.0106. The molecule has 3 unspecified atom stereocenters. The molecule has 4 fully saturated rings. The van der Waals surface area contributed by atoms with Gasteiger partial charge in [-0.3, -0.25) is 9.59 Å². The molecule has 0 radical (unpaired) electrons. The first-order valence-electron chi connectivity index (χ1n) is 17.3. The fraction of sp³-hybridized carbons (Fsp3) is 0.622. The zero-order valence-corrected chi connectivity index (χ0v) is 28.3. The summed E-state index contributed by atoms with van der Waals surface area (Å²) in [7, 11) is 0. The Hall–Kier alpha value is -2.68. The first-order chi connectivity index (χ1) is 21.6. The summed E-state index contributed by atoms with van der Waals surface area (Å²) in [6.45, 7) is 13.6. The molecule has 242 valence electrons. The highest BCUT2D eigenvalue weighted by molar-refractivity contribution is 7.18. The van der Waals surface area contributed by atoms with Crippen LogP contribution in [0.25, 0.3) is 21.5 Å². The number of amides is 2. The van der Waals surface area contributed by atoms with E-state index in [0.29, 0.717) is 25.2 Å². The third kappa shape index (κ3) is 6.35. The van der Waals surface area contributed by atoms with Crippen molar-refractivity contribution in [2.24, 2.45) is 17.8 Å². The largest absolute Gasteiger partial charge is 0.381 e. The summed E-state index contributed by atoms with van der Waals surface area (Å²) in [5, 5.41) is 7.96. The molecule has 2 amide bonds. The van der Waals surface area contributed by atoms with Crippen LogP contribution in [0.4, 0.5) is 0 Å². The van der Waals surface area contributed by atoms with Crippen molar-refractivity contribution in [1.29, 1.82) is 0 Å². The van der Waals surface area contributed by atoms with Crippen LogP contribution >= 0.6 is 11.3 Å². The molecule has 7 rings (SSSR count). The normalized spacial score (nSPS) is 24.9. The van der Waals surface area contributed by atoms with Gasteiger partial charge in [0.05, 0.1) is 5.69 Å². The van der Waals surface area contributed by atoms with Crippen molar-refractivity contribution in [3.05, 3.63) is 45.8 Å². The van der Waals surface area contributed by atoms with Crippen molar-refractivity contribution >= 4 is 33.4 Å². The highest BCUT2D eigenvalue weighted by atomic mass is 32.1. The predicted octanol–water partition coefficient (Wildman–Crippen LogP) is 6.26.